The molecule has 4 aromatic rings. The number of para-hydroxylation sites is 1. The van der Waals surface area contributed by atoms with Gasteiger partial charge in [0.1, 0.15) is 17.2 Å². The number of carbonyl (C=O) groups is 1. The minimum atomic E-state index is -0.925. The molecule has 0 fully saturated rings. The van der Waals surface area contributed by atoms with Gasteiger partial charge in [0.15, 0.2) is 0 Å². The van der Waals surface area contributed by atoms with Crippen molar-refractivity contribution in [2.24, 2.45) is 0 Å². The van der Waals surface area contributed by atoms with Crippen molar-refractivity contribution in [3.8, 4) is 0 Å². The number of furan rings is 1. The van der Waals surface area contributed by atoms with Crippen LogP contribution in [0.5, 0.6) is 0 Å². The number of fused-ring (bicyclic) bond motifs is 2. The standard InChI is InChI=1S/C28H21FO3/c1-17-24(23-11-10-21(29)15-26(23)25(17)16-28(30)31)13-19-8-6-18(7-9-19)12-22-14-20-4-2-3-5-27(20)32-22/h2-11,13-15H,12,16H2,1H3,(H,30,31)/b24-13-. The third-order valence-corrected chi connectivity index (χ3v) is 5.93. The van der Waals surface area contributed by atoms with E-state index in [0.717, 1.165) is 44.6 Å². The van der Waals surface area contributed by atoms with Gasteiger partial charge in [0, 0.05) is 11.8 Å². The second kappa shape index (κ2) is 7.97. The first-order valence-corrected chi connectivity index (χ1v) is 10.5. The Balaban J connectivity index is 1.44. The molecule has 4 heteroatoms. The van der Waals surface area contributed by atoms with Gasteiger partial charge in [-0.3, -0.25) is 4.79 Å². The molecule has 0 saturated carbocycles. The number of aliphatic carboxylic acids is 1. The molecule has 0 aliphatic heterocycles. The first-order valence-electron chi connectivity index (χ1n) is 10.5. The van der Waals surface area contributed by atoms with Crippen LogP contribution in [0, 0.1) is 5.82 Å². The van der Waals surface area contributed by atoms with Gasteiger partial charge < -0.3 is 9.52 Å². The highest BCUT2D eigenvalue weighted by molar-refractivity contribution is 6.07. The van der Waals surface area contributed by atoms with E-state index in [-0.39, 0.29) is 12.2 Å². The van der Waals surface area contributed by atoms with Crippen molar-refractivity contribution in [2.75, 3.05) is 0 Å². The van der Waals surface area contributed by atoms with Crippen LogP contribution in [0.4, 0.5) is 4.39 Å². The highest BCUT2D eigenvalue weighted by Crippen LogP contribution is 2.43. The van der Waals surface area contributed by atoms with E-state index in [1.165, 1.54) is 12.1 Å². The summed E-state index contributed by atoms with van der Waals surface area (Å²) in [4.78, 5) is 11.4. The monoisotopic (exact) mass is 424 g/mol. The maximum absolute atomic E-state index is 13.8. The molecule has 1 heterocycles. The van der Waals surface area contributed by atoms with Gasteiger partial charge in [-0.15, -0.1) is 0 Å². The summed E-state index contributed by atoms with van der Waals surface area (Å²) in [7, 11) is 0. The van der Waals surface area contributed by atoms with Gasteiger partial charge in [0.2, 0.25) is 0 Å². The molecule has 3 aromatic carbocycles. The minimum absolute atomic E-state index is 0.129. The second-order valence-corrected chi connectivity index (χ2v) is 8.09. The van der Waals surface area contributed by atoms with Crippen LogP contribution in [-0.2, 0) is 11.2 Å². The number of hydrogen-bond acceptors (Lipinski definition) is 2. The predicted octanol–water partition coefficient (Wildman–Crippen LogP) is 6.97. The average molecular weight is 424 g/mol. The van der Waals surface area contributed by atoms with Crippen LogP contribution in [0.3, 0.4) is 0 Å². The Kier molecular flexibility index (Phi) is 4.98. The van der Waals surface area contributed by atoms with Gasteiger partial charge in [0.05, 0.1) is 6.42 Å². The van der Waals surface area contributed by atoms with Crippen molar-refractivity contribution < 1.29 is 18.7 Å². The number of rotatable bonds is 5. The van der Waals surface area contributed by atoms with Crippen molar-refractivity contribution in [1.29, 1.82) is 0 Å². The third-order valence-electron chi connectivity index (χ3n) is 5.93. The first-order chi connectivity index (χ1) is 15.5. The highest BCUT2D eigenvalue weighted by atomic mass is 19.1. The molecular weight excluding hydrogens is 403 g/mol. The van der Waals surface area contributed by atoms with Crippen LogP contribution in [0.2, 0.25) is 0 Å². The van der Waals surface area contributed by atoms with E-state index in [1.54, 1.807) is 6.07 Å². The Labute approximate surface area is 185 Å². The molecule has 0 saturated heterocycles. The molecule has 0 atom stereocenters. The van der Waals surface area contributed by atoms with Gasteiger partial charge in [-0.05, 0) is 76.2 Å². The lowest BCUT2D eigenvalue weighted by Gasteiger charge is -2.05. The molecule has 0 amide bonds. The molecule has 1 aromatic heterocycles. The van der Waals surface area contributed by atoms with E-state index in [2.05, 4.69) is 18.2 Å². The number of benzene rings is 3. The van der Waals surface area contributed by atoms with Gasteiger partial charge >= 0.3 is 5.97 Å². The van der Waals surface area contributed by atoms with Gasteiger partial charge in [-0.1, -0.05) is 48.5 Å². The van der Waals surface area contributed by atoms with Crippen LogP contribution >= 0.6 is 0 Å². The van der Waals surface area contributed by atoms with Gasteiger partial charge in [-0.2, -0.15) is 0 Å². The Hall–Kier alpha value is -3.92. The Morgan fingerprint density at radius 2 is 1.78 bits per heavy atom. The normalized spacial score (nSPS) is 14.4. The Morgan fingerprint density at radius 1 is 1.00 bits per heavy atom. The number of allylic oxidation sites excluding steroid dienone is 2. The van der Waals surface area contributed by atoms with Crippen LogP contribution in [0.15, 0.2) is 82.8 Å². The summed E-state index contributed by atoms with van der Waals surface area (Å²) < 4.78 is 19.8. The molecule has 0 radical (unpaired) electrons. The molecule has 1 aliphatic rings. The fraction of sp³-hybridized carbons (Fsp3) is 0.107. The van der Waals surface area contributed by atoms with Crippen LogP contribution in [0.1, 0.15) is 41.4 Å². The molecule has 0 bridgehead atoms. The summed E-state index contributed by atoms with van der Waals surface area (Å²) in [6.07, 6.45) is 2.61. The van der Waals surface area contributed by atoms with Crippen LogP contribution in [0.25, 0.3) is 28.2 Å². The summed E-state index contributed by atoms with van der Waals surface area (Å²) in [5.74, 6) is -0.373. The molecular formula is C28H21FO3. The highest BCUT2D eigenvalue weighted by Gasteiger charge is 2.25. The zero-order chi connectivity index (χ0) is 22.2. The van der Waals surface area contributed by atoms with E-state index in [9.17, 15) is 14.3 Å². The predicted molar refractivity (Wildman–Crippen MR) is 125 cm³/mol. The van der Waals surface area contributed by atoms with Crippen molar-refractivity contribution in [1.82, 2.24) is 0 Å². The zero-order valence-electron chi connectivity index (χ0n) is 17.6. The fourth-order valence-corrected chi connectivity index (χ4v) is 4.36. The van der Waals surface area contributed by atoms with E-state index in [1.807, 2.05) is 49.4 Å². The molecule has 0 unspecified atom stereocenters. The molecule has 3 nitrogen and oxygen atoms in total. The van der Waals surface area contributed by atoms with E-state index < -0.39 is 5.97 Å². The quantitative estimate of drug-likeness (QED) is 0.377. The van der Waals surface area contributed by atoms with Crippen LogP contribution in [-0.4, -0.2) is 11.1 Å². The van der Waals surface area contributed by atoms with Gasteiger partial charge in [0.25, 0.3) is 0 Å². The van der Waals surface area contributed by atoms with E-state index in [4.69, 9.17) is 4.42 Å². The molecule has 1 N–H and O–H groups in total. The number of halogens is 1. The lowest BCUT2D eigenvalue weighted by Crippen LogP contribution is -1.97. The molecule has 1 aliphatic carbocycles. The lowest BCUT2D eigenvalue weighted by atomic mass is 9.99. The summed E-state index contributed by atoms with van der Waals surface area (Å²) in [5.41, 5.74) is 7.03. The molecule has 5 rings (SSSR count). The van der Waals surface area contributed by atoms with Crippen molar-refractivity contribution in [3.05, 3.63) is 112 Å². The zero-order valence-corrected chi connectivity index (χ0v) is 17.6. The maximum atomic E-state index is 13.8. The molecule has 0 spiro atoms. The average Bonchev–Trinajstić information content (AvgIpc) is 3.28. The third kappa shape index (κ3) is 3.76. The fourth-order valence-electron chi connectivity index (χ4n) is 4.36. The van der Waals surface area contributed by atoms with E-state index >= 15 is 0 Å². The Bertz CT molecular complexity index is 1370. The molecule has 32 heavy (non-hydrogen) atoms. The lowest BCUT2D eigenvalue weighted by molar-refractivity contribution is -0.135. The maximum Gasteiger partial charge on any atom is 0.307 e. The number of carboxylic acids is 1. The number of hydrogen-bond donors (Lipinski definition) is 1. The van der Waals surface area contributed by atoms with Gasteiger partial charge in [-0.25, -0.2) is 4.39 Å². The van der Waals surface area contributed by atoms with Crippen molar-refractivity contribution >= 4 is 34.2 Å². The van der Waals surface area contributed by atoms with Crippen molar-refractivity contribution in [3.63, 3.8) is 0 Å². The summed E-state index contributed by atoms with van der Waals surface area (Å²) in [6.45, 7) is 1.90. The largest absolute Gasteiger partial charge is 0.481 e. The number of carboxylic acid groups (broad SMARTS) is 1. The molecule has 158 valence electrons. The van der Waals surface area contributed by atoms with Crippen LogP contribution < -0.4 is 0 Å². The minimum Gasteiger partial charge on any atom is -0.481 e. The second-order valence-electron chi connectivity index (χ2n) is 8.09. The summed E-state index contributed by atoms with van der Waals surface area (Å²) >= 11 is 0. The van der Waals surface area contributed by atoms with E-state index in [0.29, 0.717) is 17.6 Å². The smallest absolute Gasteiger partial charge is 0.307 e. The summed E-state index contributed by atoms with van der Waals surface area (Å²) in [5, 5.41) is 10.4. The van der Waals surface area contributed by atoms with Crippen molar-refractivity contribution in [2.45, 2.75) is 19.8 Å². The first kappa shape index (κ1) is 20.0. The SMILES string of the molecule is CC1=C(CC(=O)O)c2cc(F)ccc2/C1=C\c1ccc(Cc2cc3ccccc3o2)cc1. The Morgan fingerprint density at radius 3 is 2.53 bits per heavy atom. The summed E-state index contributed by atoms with van der Waals surface area (Å²) in [6, 6.07) is 22.8. The topological polar surface area (TPSA) is 50.4 Å².